The molecular weight excluding hydrogens is 342 g/mol. The van der Waals surface area contributed by atoms with Crippen LogP contribution in [0.2, 0.25) is 0 Å². The minimum Gasteiger partial charge on any atom is -0.378 e. The topological polar surface area (TPSA) is 72.3 Å². The lowest BCUT2D eigenvalue weighted by Crippen LogP contribution is -2.41. The number of aromatic nitrogens is 3. The molecule has 1 aromatic carbocycles. The first-order chi connectivity index (χ1) is 13.0. The Labute approximate surface area is 157 Å². The molecule has 0 spiro atoms. The van der Waals surface area contributed by atoms with E-state index in [4.69, 9.17) is 4.74 Å². The molecule has 0 aliphatic carbocycles. The molecule has 3 aromatic rings. The predicted octanol–water partition coefficient (Wildman–Crippen LogP) is 2.80. The fraction of sp³-hybridized carbons (Fsp3) is 0.350. The molecule has 1 aliphatic heterocycles. The van der Waals surface area contributed by atoms with Gasteiger partial charge in [-0.1, -0.05) is 17.7 Å². The first-order valence-electron chi connectivity index (χ1n) is 9.07. The van der Waals surface area contributed by atoms with Gasteiger partial charge in [-0.05, 0) is 26.0 Å². The fourth-order valence-corrected chi connectivity index (χ4v) is 3.42. The summed E-state index contributed by atoms with van der Waals surface area (Å²) in [4.78, 5) is 19.5. The van der Waals surface area contributed by atoms with Crippen LogP contribution in [0.3, 0.4) is 0 Å². The van der Waals surface area contributed by atoms with Crippen LogP contribution in [0.1, 0.15) is 21.6 Å². The number of ether oxygens (including phenoxy) is 1. The number of anilines is 2. The normalized spacial score (nSPS) is 14.6. The predicted molar refractivity (Wildman–Crippen MR) is 104 cm³/mol. The van der Waals surface area contributed by atoms with E-state index in [0.717, 1.165) is 28.1 Å². The van der Waals surface area contributed by atoms with Gasteiger partial charge in [0.1, 0.15) is 0 Å². The van der Waals surface area contributed by atoms with E-state index in [2.05, 4.69) is 15.4 Å². The molecule has 0 atom stereocenters. The van der Waals surface area contributed by atoms with Crippen LogP contribution in [0.15, 0.2) is 30.5 Å². The number of nitrogens with one attached hydrogen (secondary N) is 1. The second-order valence-electron chi connectivity index (χ2n) is 6.85. The number of carbonyl (C=O) groups excluding carboxylic acids is 1. The fourth-order valence-electron chi connectivity index (χ4n) is 3.42. The Balaban J connectivity index is 1.83. The molecule has 7 nitrogen and oxygen atoms in total. The highest BCUT2D eigenvalue weighted by Gasteiger charge is 2.25. The second kappa shape index (κ2) is 7.00. The molecule has 1 amide bonds. The molecule has 0 saturated carbocycles. The average Bonchev–Trinajstić information content (AvgIpc) is 2.98. The van der Waals surface area contributed by atoms with Crippen LogP contribution in [0.4, 0.5) is 11.4 Å². The van der Waals surface area contributed by atoms with Gasteiger partial charge >= 0.3 is 0 Å². The standard InChI is InChI=1S/C20H23N5O2/c1-13-4-6-15(7-5-13)22-18-16(20(26)25-8-10-27-11-9-25)12-21-19-17(18)14(2)23-24(19)3/h4-7,12H,8-11H2,1-3H3,(H,21,22). The number of amides is 1. The zero-order valence-electron chi connectivity index (χ0n) is 15.8. The van der Waals surface area contributed by atoms with Crippen LogP contribution in [0.5, 0.6) is 0 Å². The number of hydrogen-bond acceptors (Lipinski definition) is 5. The van der Waals surface area contributed by atoms with Gasteiger partial charge in [-0.2, -0.15) is 5.10 Å². The number of nitrogens with zero attached hydrogens (tertiary/aromatic N) is 4. The van der Waals surface area contributed by atoms with Gasteiger partial charge in [0.15, 0.2) is 5.65 Å². The van der Waals surface area contributed by atoms with Gasteiger partial charge in [-0.3, -0.25) is 9.48 Å². The maximum absolute atomic E-state index is 13.2. The van der Waals surface area contributed by atoms with Crippen molar-refractivity contribution in [1.29, 1.82) is 0 Å². The number of rotatable bonds is 3. The first-order valence-corrected chi connectivity index (χ1v) is 9.07. The zero-order valence-corrected chi connectivity index (χ0v) is 15.8. The molecule has 2 aromatic heterocycles. The summed E-state index contributed by atoms with van der Waals surface area (Å²) in [5, 5.41) is 8.81. The highest BCUT2D eigenvalue weighted by molar-refractivity contribution is 6.08. The maximum Gasteiger partial charge on any atom is 0.257 e. The number of aryl methyl sites for hydroxylation is 3. The lowest BCUT2D eigenvalue weighted by molar-refractivity contribution is 0.0303. The van der Waals surface area contributed by atoms with Gasteiger partial charge in [-0.15, -0.1) is 0 Å². The van der Waals surface area contributed by atoms with E-state index in [9.17, 15) is 4.79 Å². The SMILES string of the molecule is Cc1ccc(Nc2c(C(=O)N3CCOCC3)cnc3c2c(C)nn3C)cc1. The van der Waals surface area contributed by atoms with Gasteiger partial charge < -0.3 is 15.0 Å². The van der Waals surface area contributed by atoms with Crippen LogP contribution in [0.25, 0.3) is 11.0 Å². The average molecular weight is 365 g/mol. The third-order valence-corrected chi connectivity index (χ3v) is 4.88. The maximum atomic E-state index is 13.2. The number of pyridine rings is 1. The van der Waals surface area contributed by atoms with Gasteiger partial charge in [-0.25, -0.2) is 4.98 Å². The molecule has 1 aliphatic rings. The molecular formula is C20H23N5O2. The molecule has 0 unspecified atom stereocenters. The Kier molecular flexibility index (Phi) is 4.53. The van der Waals surface area contributed by atoms with Crippen LogP contribution >= 0.6 is 0 Å². The summed E-state index contributed by atoms with van der Waals surface area (Å²) in [5.74, 6) is -0.0365. The van der Waals surface area contributed by atoms with Crippen molar-refractivity contribution in [2.24, 2.45) is 7.05 Å². The summed E-state index contributed by atoms with van der Waals surface area (Å²) < 4.78 is 7.12. The lowest BCUT2D eigenvalue weighted by atomic mass is 10.1. The quantitative estimate of drug-likeness (QED) is 0.773. The molecule has 140 valence electrons. The summed E-state index contributed by atoms with van der Waals surface area (Å²) in [6.45, 7) is 6.29. The minimum absolute atomic E-state index is 0.0365. The molecule has 0 bridgehead atoms. The summed E-state index contributed by atoms with van der Waals surface area (Å²) in [5.41, 5.74) is 5.01. The molecule has 1 N–H and O–H groups in total. The van der Waals surface area contributed by atoms with E-state index >= 15 is 0 Å². The van der Waals surface area contributed by atoms with Crippen LogP contribution < -0.4 is 5.32 Å². The Morgan fingerprint density at radius 3 is 2.56 bits per heavy atom. The molecule has 3 heterocycles. The Morgan fingerprint density at radius 2 is 1.85 bits per heavy atom. The van der Waals surface area contributed by atoms with Crippen molar-refractivity contribution in [3.63, 3.8) is 0 Å². The molecule has 1 saturated heterocycles. The number of fused-ring (bicyclic) bond motifs is 1. The van der Waals surface area contributed by atoms with E-state index in [0.29, 0.717) is 31.9 Å². The van der Waals surface area contributed by atoms with Crippen LogP contribution in [-0.2, 0) is 11.8 Å². The highest BCUT2D eigenvalue weighted by Crippen LogP contribution is 2.32. The van der Waals surface area contributed by atoms with Crippen molar-refractivity contribution < 1.29 is 9.53 Å². The Hall–Kier alpha value is -2.93. The number of morpholine rings is 1. The van der Waals surface area contributed by atoms with Crippen molar-refractivity contribution >= 4 is 28.3 Å². The van der Waals surface area contributed by atoms with Gasteiger partial charge in [0.2, 0.25) is 0 Å². The van der Waals surface area contributed by atoms with E-state index in [1.165, 1.54) is 5.56 Å². The third-order valence-electron chi connectivity index (χ3n) is 4.88. The van der Waals surface area contributed by atoms with Crippen molar-refractivity contribution in [1.82, 2.24) is 19.7 Å². The first kappa shape index (κ1) is 17.5. The number of hydrogen-bond donors (Lipinski definition) is 1. The van der Waals surface area contributed by atoms with Crippen molar-refractivity contribution in [3.8, 4) is 0 Å². The van der Waals surface area contributed by atoms with Gasteiger partial charge in [0.25, 0.3) is 5.91 Å². The van der Waals surface area contributed by atoms with Crippen molar-refractivity contribution in [3.05, 3.63) is 47.3 Å². The summed E-state index contributed by atoms with van der Waals surface area (Å²) >= 11 is 0. The minimum atomic E-state index is -0.0365. The molecule has 7 heteroatoms. The molecule has 1 fully saturated rings. The summed E-state index contributed by atoms with van der Waals surface area (Å²) in [6, 6.07) is 8.10. The Morgan fingerprint density at radius 1 is 1.15 bits per heavy atom. The van der Waals surface area contributed by atoms with Crippen LogP contribution in [-0.4, -0.2) is 51.9 Å². The molecule has 4 rings (SSSR count). The number of benzene rings is 1. The van der Waals surface area contributed by atoms with E-state index in [1.807, 2.05) is 50.1 Å². The molecule has 27 heavy (non-hydrogen) atoms. The second-order valence-corrected chi connectivity index (χ2v) is 6.85. The molecule has 0 radical (unpaired) electrons. The van der Waals surface area contributed by atoms with E-state index < -0.39 is 0 Å². The largest absolute Gasteiger partial charge is 0.378 e. The number of carbonyl (C=O) groups is 1. The van der Waals surface area contributed by atoms with E-state index in [-0.39, 0.29) is 5.91 Å². The van der Waals surface area contributed by atoms with Crippen LogP contribution in [0, 0.1) is 13.8 Å². The van der Waals surface area contributed by atoms with E-state index in [1.54, 1.807) is 10.9 Å². The zero-order chi connectivity index (χ0) is 19.0. The smallest absolute Gasteiger partial charge is 0.257 e. The Bertz CT molecular complexity index is 988. The third kappa shape index (κ3) is 3.26. The van der Waals surface area contributed by atoms with Crippen molar-refractivity contribution in [2.45, 2.75) is 13.8 Å². The monoisotopic (exact) mass is 365 g/mol. The highest BCUT2D eigenvalue weighted by atomic mass is 16.5. The van der Waals surface area contributed by atoms with Gasteiger partial charge in [0.05, 0.1) is 35.5 Å². The lowest BCUT2D eigenvalue weighted by Gasteiger charge is -2.27. The summed E-state index contributed by atoms with van der Waals surface area (Å²) in [7, 11) is 1.86. The summed E-state index contributed by atoms with van der Waals surface area (Å²) in [6.07, 6.45) is 1.65. The van der Waals surface area contributed by atoms with Crippen molar-refractivity contribution in [2.75, 3.05) is 31.6 Å². The van der Waals surface area contributed by atoms with Gasteiger partial charge in [0, 0.05) is 32.0 Å².